The van der Waals surface area contributed by atoms with Gasteiger partial charge in [-0.1, -0.05) is 29.8 Å². The zero-order valence-corrected chi connectivity index (χ0v) is 9.69. The van der Waals surface area contributed by atoms with Crippen LogP contribution >= 0.6 is 11.6 Å². The first kappa shape index (κ1) is 11.6. The van der Waals surface area contributed by atoms with Crippen molar-refractivity contribution in [2.45, 2.75) is 6.42 Å². The number of hydrogen-bond donors (Lipinski definition) is 1. The SMILES string of the molecule is O=C(O)c1ccc(Cc2ccc(Cl)cc2)cn1. The fourth-order valence-electron chi connectivity index (χ4n) is 1.49. The molecule has 0 aliphatic carbocycles. The molecule has 0 saturated heterocycles. The zero-order valence-electron chi connectivity index (χ0n) is 8.93. The second-order valence-corrected chi connectivity index (χ2v) is 4.10. The highest BCUT2D eigenvalue weighted by molar-refractivity contribution is 6.30. The molecule has 0 fully saturated rings. The van der Waals surface area contributed by atoms with Gasteiger partial charge in [-0.15, -0.1) is 0 Å². The van der Waals surface area contributed by atoms with E-state index >= 15 is 0 Å². The van der Waals surface area contributed by atoms with Crippen LogP contribution in [0.1, 0.15) is 21.6 Å². The van der Waals surface area contributed by atoms with Crippen LogP contribution < -0.4 is 0 Å². The van der Waals surface area contributed by atoms with E-state index in [1.165, 1.54) is 6.07 Å². The Hall–Kier alpha value is -1.87. The largest absolute Gasteiger partial charge is 0.477 e. The van der Waals surface area contributed by atoms with E-state index in [1.807, 2.05) is 24.3 Å². The number of rotatable bonds is 3. The molecule has 1 N–H and O–H groups in total. The Balaban J connectivity index is 2.13. The van der Waals surface area contributed by atoms with E-state index in [9.17, 15) is 4.79 Å². The number of pyridine rings is 1. The van der Waals surface area contributed by atoms with Crippen LogP contribution in [0.25, 0.3) is 0 Å². The average Bonchev–Trinajstić information content (AvgIpc) is 2.33. The quantitative estimate of drug-likeness (QED) is 0.907. The van der Waals surface area contributed by atoms with Gasteiger partial charge in [-0.25, -0.2) is 9.78 Å². The van der Waals surface area contributed by atoms with Crippen molar-refractivity contribution in [1.29, 1.82) is 0 Å². The van der Waals surface area contributed by atoms with Crippen LogP contribution in [0.4, 0.5) is 0 Å². The molecule has 0 bridgehead atoms. The first-order valence-electron chi connectivity index (χ1n) is 5.08. The molecule has 17 heavy (non-hydrogen) atoms. The highest BCUT2D eigenvalue weighted by Crippen LogP contribution is 2.13. The normalized spacial score (nSPS) is 10.2. The molecule has 2 aromatic rings. The van der Waals surface area contributed by atoms with Gasteiger partial charge in [0.25, 0.3) is 0 Å². The minimum absolute atomic E-state index is 0.0601. The molecule has 0 saturated carbocycles. The van der Waals surface area contributed by atoms with Gasteiger partial charge in [0.15, 0.2) is 0 Å². The first-order valence-corrected chi connectivity index (χ1v) is 5.45. The number of carbonyl (C=O) groups is 1. The molecule has 4 heteroatoms. The molecule has 1 aromatic heterocycles. The second-order valence-electron chi connectivity index (χ2n) is 3.66. The third-order valence-corrected chi connectivity index (χ3v) is 2.62. The molecule has 0 unspecified atom stereocenters. The average molecular weight is 248 g/mol. The van der Waals surface area contributed by atoms with Crippen LogP contribution in [0, 0.1) is 0 Å². The minimum atomic E-state index is -1.01. The highest BCUT2D eigenvalue weighted by atomic mass is 35.5. The number of aromatic carboxylic acids is 1. The summed E-state index contributed by atoms with van der Waals surface area (Å²) in [5.74, 6) is -1.01. The monoisotopic (exact) mass is 247 g/mol. The number of hydrogen-bond acceptors (Lipinski definition) is 2. The lowest BCUT2D eigenvalue weighted by Crippen LogP contribution is -2.00. The van der Waals surface area contributed by atoms with E-state index in [0.29, 0.717) is 11.4 Å². The van der Waals surface area contributed by atoms with E-state index in [4.69, 9.17) is 16.7 Å². The van der Waals surface area contributed by atoms with Gasteiger partial charge in [-0.2, -0.15) is 0 Å². The summed E-state index contributed by atoms with van der Waals surface area (Å²) >= 11 is 5.79. The van der Waals surface area contributed by atoms with E-state index in [1.54, 1.807) is 12.3 Å². The summed E-state index contributed by atoms with van der Waals surface area (Å²) in [6, 6.07) is 10.8. The van der Waals surface area contributed by atoms with Crippen molar-refractivity contribution >= 4 is 17.6 Å². The van der Waals surface area contributed by atoms with E-state index < -0.39 is 5.97 Å². The van der Waals surface area contributed by atoms with Crippen LogP contribution in [-0.2, 0) is 6.42 Å². The standard InChI is InChI=1S/C13H10ClNO2/c14-11-4-1-9(2-5-11)7-10-3-6-12(13(16)17)15-8-10/h1-6,8H,7H2,(H,16,17). The van der Waals surface area contributed by atoms with Crippen molar-refractivity contribution < 1.29 is 9.90 Å². The molecular weight excluding hydrogens is 238 g/mol. The Morgan fingerprint density at radius 1 is 1.12 bits per heavy atom. The molecule has 86 valence electrons. The molecule has 0 atom stereocenters. The van der Waals surface area contributed by atoms with Gasteiger partial charge in [0.1, 0.15) is 5.69 Å². The topological polar surface area (TPSA) is 50.2 Å². The van der Waals surface area contributed by atoms with Gasteiger partial charge in [0.2, 0.25) is 0 Å². The summed E-state index contributed by atoms with van der Waals surface area (Å²) < 4.78 is 0. The molecule has 0 amide bonds. The lowest BCUT2D eigenvalue weighted by atomic mass is 10.1. The number of halogens is 1. The Bertz CT molecular complexity index is 520. The van der Waals surface area contributed by atoms with Crippen molar-refractivity contribution in [3.8, 4) is 0 Å². The van der Waals surface area contributed by atoms with Gasteiger partial charge < -0.3 is 5.11 Å². The number of carboxylic acids is 1. The maximum Gasteiger partial charge on any atom is 0.354 e. The Morgan fingerprint density at radius 3 is 2.29 bits per heavy atom. The minimum Gasteiger partial charge on any atom is -0.477 e. The predicted octanol–water partition coefficient (Wildman–Crippen LogP) is 3.02. The predicted molar refractivity (Wildman–Crippen MR) is 65.5 cm³/mol. The number of aromatic nitrogens is 1. The van der Waals surface area contributed by atoms with Crippen LogP contribution in [-0.4, -0.2) is 16.1 Å². The van der Waals surface area contributed by atoms with Crippen molar-refractivity contribution in [1.82, 2.24) is 4.98 Å². The third-order valence-electron chi connectivity index (χ3n) is 2.37. The second kappa shape index (κ2) is 4.97. The smallest absolute Gasteiger partial charge is 0.354 e. The van der Waals surface area contributed by atoms with E-state index in [0.717, 1.165) is 11.1 Å². The maximum atomic E-state index is 10.6. The van der Waals surface area contributed by atoms with E-state index in [-0.39, 0.29) is 5.69 Å². The first-order chi connectivity index (χ1) is 8.15. The van der Waals surface area contributed by atoms with Crippen molar-refractivity contribution in [3.63, 3.8) is 0 Å². The molecule has 0 spiro atoms. The fourth-order valence-corrected chi connectivity index (χ4v) is 1.62. The van der Waals surface area contributed by atoms with Crippen LogP contribution in [0.3, 0.4) is 0 Å². The Kier molecular flexibility index (Phi) is 3.40. The van der Waals surface area contributed by atoms with E-state index in [2.05, 4.69) is 4.98 Å². The third kappa shape index (κ3) is 3.04. The molecule has 1 aromatic carbocycles. The zero-order chi connectivity index (χ0) is 12.3. The van der Waals surface area contributed by atoms with Crippen molar-refractivity contribution in [2.75, 3.05) is 0 Å². The molecule has 0 aliphatic heterocycles. The van der Waals surface area contributed by atoms with Gasteiger partial charge in [0, 0.05) is 11.2 Å². The number of benzene rings is 1. The number of nitrogens with zero attached hydrogens (tertiary/aromatic N) is 1. The molecule has 2 rings (SSSR count). The molecule has 1 heterocycles. The van der Waals surface area contributed by atoms with Gasteiger partial charge in [-0.3, -0.25) is 0 Å². The summed E-state index contributed by atoms with van der Waals surface area (Å²) in [5.41, 5.74) is 2.14. The lowest BCUT2D eigenvalue weighted by Gasteiger charge is -2.02. The van der Waals surface area contributed by atoms with Crippen LogP contribution in [0.2, 0.25) is 5.02 Å². The summed E-state index contributed by atoms with van der Waals surface area (Å²) in [6.07, 6.45) is 2.29. The molecule has 0 radical (unpaired) electrons. The van der Waals surface area contributed by atoms with Gasteiger partial charge >= 0.3 is 5.97 Å². The van der Waals surface area contributed by atoms with Crippen molar-refractivity contribution in [3.05, 3.63) is 64.4 Å². The van der Waals surface area contributed by atoms with Gasteiger partial charge in [-0.05, 0) is 35.7 Å². The summed E-state index contributed by atoms with van der Waals surface area (Å²) in [6.45, 7) is 0. The Morgan fingerprint density at radius 2 is 1.76 bits per heavy atom. The van der Waals surface area contributed by atoms with Gasteiger partial charge in [0.05, 0.1) is 0 Å². The highest BCUT2D eigenvalue weighted by Gasteiger charge is 2.03. The fraction of sp³-hybridized carbons (Fsp3) is 0.0769. The molecular formula is C13H10ClNO2. The lowest BCUT2D eigenvalue weighted by molar-refractivity contribution is 0.0690. The molecule has 0 aliphatic rings. The number of carboxylic acid groups (broad SMARTS) is 1. The van der Waals surface area contributed by atoms with Crippen LogP contribution in [0.15, 0.2) is 42.6 Å². The van der Waals surface area contributed by atoms with Crippen molar-refractivity contribution in [2.24, 2.45) is 0 Å². The molecule has 3 nitrogen and oxygen atoms in total. The maximum absolute atomic E-state index is 10.6. The Labute approximate surface area is 104 Å². The summed E-state index contributed by atoms with van der Waals surface area (Å²) in [4.78, 5) is 14.5. The summed E-state index contributed by atoms with van der Waals surface area (Å²) in [7, 11) is 0. The van der Waals surface area contributed by atoms with Crippen LogP contribution in [0.5, 0.6) is 0 Å². The summed E-state index contributed by atoms with van der Waals surface area (Å²) in [5, 5.41) is 9.42.